The smallest absolute Gasteiger partial charge is 0.321 e. The number of likely N-dealkylation sites (tertiary alicyclic amines) is 1. The Bertz CT molecular complexity index is 319. The summed E-state index contributed by atoms with van der Waals surface area (Å²) in [5.74, 6) is 0.542. The zero-order chi connectivity index (χ0) is 14.7. The molecule has 1 N–H and O–H groups in total. The van der Waals surface area contributed by atoms with E-state index in [1.807, 2.05) is 0 Å². The SMILES string of the molecule is O=C(O)C1C(C2CCCCC2)CCCN1C1CCCCC1. The van der Waals surface area contributed by atoms with Crippen molar-refractivity contribution in [3.05, 3.63) is 0 Å². The number of hydrogen-bond donors (Lipinski definition) is 1. The molecule has 0 aromatic heterocycles. The molecule has 0 spiro atoms. The van der Waals surface area contributed by atoms with Crippen molar-refractivity contribution in [2.75, 3.05) is 6.54 Å². The molecule has 1 aliphatic heterocycles. The van der Waals surface area contributed by atoms with Gasteiger partial charge in [-0.2, -0.15) is 0 Å². The number of rotatable bonds is 3. The third-order valence-electron chi connectivity index (χ3n) is 6.27. The van der Waals surface area contributed by atoms with E-state index in [4.69, 9.17) is 0 Å². The normalized spacial score (nSPS) is 33.9. The van der Waals surface area contributed by atoms with Crippen molar-refractivity contribution in [3.8, 4) is 0 Å². The highest BCUT2D eigenvalue weighted by molar-refractivity contribution is 5.74. The number of carbonyl (C=O) groups is 1. The van der Waals surface area contributed by atoms with E-state index in [9.17, 15) is 9.90 Å². The number of hydrogen-bond acceptors (Lipinski definition) is 2. The van der Waals surface area contributed by atoms with Crippen molar-refractivity contribution in [1.82, 2.24) is 4.90 Å². The van der Waals surface area contributed by atoms with Gasteiger partial charge >= 0.3 is 5.97 Å². The first-order chi connectivity index (χ1) is 10.3. The summed E-state index contributed by atoms with van der Waals surface area (Å²) in [5, 5.41) is 9.90. The van der Waals surface area contributed by atoms with Crippen LogP contribution in [0.15, 0.2) is 0 Å². The Balaban J connectivity index is 1.74. The van der Waals surface area contributed by atoms with Crippen LogP contribution in [0.1, 0.15) is 77.0 Å². The minimum Gasteiger partial charge on any atom is -0.480 e. The van der Waals surface area contributed by atoms with Gasteiger partial charge in [-0.05, 0) is 44.1 Å². The van der Waals surface area contributed by atoms with E-state index >= 15 is 0 Å². The lowest BCUT2D eigenvalue weighted by Crippen LogP contribution is -2.56. The van der Waals surface area contributed by atoms with E-state index in [0.29, 0.717) is 17.9 Å². The predicted octanol–water partition coefficient (Wildman–Crippen LogP) is 4.06. The summed E-state index contributed by atoms with van der Waals surface area (Å²) in [5.41, 5.74) is 0. The van der Waals surface area contributed by atoms with Crippen LogP contribution < -0.4 is 0 Å². The average Bonchev–Trinajstić information content (AvgIpc) is 2.55. The molecular formula is C18H31NO2. The highest BCUT2D eigenvalue weighted by Gasteiger charge is 2.43. The van der Waals surface area contributed by atoms with E-state index in [-0.39, 0.29) is 6.04 Å². The quantitative estimate of drug-likeness (QED) is 0.853. The number of carboxylic acids is 1. The van der Waals surface area contributed by atoms with Crippen molar-refractivity contribution in [1.29, 1.82) is 0 Å². The van der Waals surface area contributed by atoms with Crippen LogP contribution in [-0.2, 0) is 4.79 Å². The molecule has 3 aliphatic rings. The Morgan fingerprint density at radius 3 is 2.05 bits per heavy atom. The number of aliphatic carboxylic acids is 1. The van der Waals surface area contributed by atoms with Gasteiger partial charge in [0.1, 0.15) is 6.04 Å². The molecule has 3 heteroatoms. The van der Waals surface area contributed by atoms with E-state index < -0.39 is 5.97 Å². The second-order valence-corrected chi connectivity index (χ2v) is 7.52. The summed E-state index contributed by atoms with van der Waals surface area (Å²) in [6.07, 6.45) is 15.3. The Hall–Kier alpha value is -0.570. The third kappa shape index (κ3) is 3.44. The van der Waals surface area contributed by atoms with Gasteiger partial charge in [-0.25, -0.2) is 0 Å². The Kier molecular flexibility index (Phi) is 5.20. The van der Waals surface area contributed by atoms with Gasteiger partial charge in [-0.3, -0.25) is 9.69 Å². The minimum atomic E-state index is -0.546. The summed E-state index contributed by atoms with van der Waals surface area (Å²) in [7, 11) is 0. The van der Waals surface area contributed by atoms with Gasteiger partial charge in [-0.1, -0.05) is 51.4 Å². The van der Waals surface area contributed by atoms with Gasteiger partial charge in [0.05, 0.1) is 0 Å². The van der Waals surface area contributed by atoms with Gasteiger partial charge < -0.3 is 5.11 Å². The second kappa shape index (κ2) is 7.13. The maximum Gasteiger partial charge on any atom is 0.321 e. The average molecular weight is 293 g/mol. The van der Waals surface area contributed by atoms with E-state index in [0.717, 1.165) is 13.0 Å². The molecule has 3 fully saturated rings. The largest absolute Gasteiger partial charge is 0.480 e. The summed E-state index contributed by atoms with van der Waals surface area (Å²) in [6, 6.07) is 0.358. The molecule has 3 rings (SSSR count). The van der Waals surface area contributed by atoms with Crippen molar-refractivity contribution >= 4 is 5.97 Å². The van der Waals surface area contributed by atoms with Crippen LogP contribution in [0.5, 0.6) is 0 Å². The lowest BCUT2D eigenvalue weighted by atomic mass is 9.72. The van der Waals surface area contributed by atoms with Crippen LogP contribution in [0.2, 0.25) is 0 Å². The molecule has 1 heterocycles. The molecule has 2 aliphatic carbocycles. The zero-order valence-corrected chi connectivity index (χ0v) is 13.3. The first kappa shape index (κ1) is 15.3. The molecule has 0 amide bonds. The lowest BCUT2D eigenvalue weighted by molar-refractivity contribution is -0.151. The van der Waals surface area contributed by atoms with Gasteiger partial charge in [0.2, 0.25) is 0 Å². The van der Waals surface area contributed by atoms with E-state index in [1.165, 1.54) is 70.6 Å². The van der Waals surface area contributed by atoms with Crippen LogP contribution in [0, 0.1) is 11.8 Å². The van der Waals surface area contributed by atoms with Crippen molar-refractivity contribution < 1.29 is 9.90 Å². The fraction of sp³-hybridized carbons (Fsp3) is 0.944. The molecule has 0 radical (unpaired) electrons. The Morgan fingerprint density at radius 2 is 1.43 bits per heavy atom. The zero-order valence-electron chi connectivity index (χ0n) is 13.3. The highest BCUT2D eigenvalue weighted by Crippen LogP contribution is 2.40. The number of carboxylic acid groups (broad SMARTS) is 1. The van der Waals surface area contributed by atoms with Gasteiger partial charge in [-0.15, -0.1) is 0 Å². The molecule has 1 saturated heterocycles. The second-order valence-electron chi connectivity index (χ2n) is 7.52. The van der Waals surface area contributed by atoms with Crippen molar-refractivity contribution in [3.63, 3.8) is 0 Å². The van der Waals surface area contributed by atoms with Crippen LogP contribution >= 0.6 is 0 Å². The molecule has 0 aromatic rings. The lowest BCUT2D eigenvalue weighted by Gasteiger charge is -2.47. The minimum absolute atomic E-state index is 0.190. The summed E-state index contributed by atoms with van der Waals surface area (Å²) < 4.78 is 0. The standard InChI is InChI=1S/C18H31NO2/c20-18(21)17-16(14-8-3-1-4-9-14)12-7-13-19(17)15-10-5-2-6-11-15/h14-17H,1-13H2,(H,20,21). The number of nitrogens with zero attached hydrogens (tertiary/aromatic N) is 1. The summed E-state index contributed by atoms with van der Waals surface area (Å²) >= 11 is 0. The first-order valence-corrected chi connectivity index (χ1v) is 9.26. The van der Waals surface area contributed by atoms with Crippen molar-refractivity contribution in [2.24, 2.45) is 11.8 Å². The Morgan fingerprint density at radius 1 is 0.810 bits per heavy atom. The predicted molar refractivity (Wildman–Crippen MR) is 84.3 cm³/mol. The van der Waals surface area contributed by atoms with E-state index in [2.05, 4.69) is 4.90 Å². The number of piperidine rings is 1. The fourth-order valence-electron chi connectivity index (χ4n) is 5.26. The monoisotopic (exact) mass is 293 g/mol. The molecule has 120 valence electrons. The molecular weight excluding hydrogens is 262 g/mol. The van der Waals surface area contributed by atoms with Crippen LogP contribution in [-0.4, -0.2) is 34.6 Å². The third-order valence-corrected chi connectivity index (χ3v) is 6.27. The van der Waals surface area contributed by atoms with Crippen LogP contribution in [0.3, 0.4) is 0 Å². The Labute approximate surface area is 129 Å². The maximum atomic E-state index is 12.0. The molecule has 2 saturated carbocycles. The maximum absolute atomic E-state index is 12.0. The van der Waals surface area contributed by atoms with Gasteiger partial charge in [0.25, 0.3) is 0 Å². The van der Waals surface area contributed by atoms with E-state index in [1.54, 1.807) is 0 Å². The molecule has 0 bridgehead atoms. The molecule has 2 atom stereocenters. The first-order valence-electron chi connectivity index (χ1n) is 9.26. The molecule has 2 unspecified atom stereocenters. The van der Waals surface area contributed by atoms with Gasteiger partial charge in [0.15, 0.2) is 0 Å². The van der Waals surface area contributed by atoms with Crippen LogP contribution in [0.25, 0.3) is 0 Å². The summed E-state index contributed by atoms with van der Waals surface area (Å²) in [6.45, 7) is 1.02. The highest BCUT2D eigenvalue weighted by atomic mass is 16.4. The molecule has 0 aromatic carbocycles. The molecule has 21 heavy (non-hydrogen) atoms. The van der Waals surface area contributed by atoms with Gasteiger partial charge in [0, 0.05) is 6.04 Å². The summed E-state index contributed by atoms with van der Waals surface area (Å²) in [4.78, 5) is 14.4. The topological polar surface area (TPSA) is 40.5 Å². The van der Waals surface area contributed by atoms with Crippen LogP contribution in [0.4, 0.5) is 0 Å². The fourth-order valence-corrected chi connectivity index (χ4v) is 5.26. The van der Waals surface area contributed by atoms with Crippen molar-refractivity contribution in [2.45, 2.75) is 89.1 Å². The molecule has 3 nitrogen and oxygen atoms in total.